The minimum absolute atomic E-state index is 0.0752. The Labute approximate surface area is 140 Å². The van der Waals surface area contributed by atoms with Crippen molar-refractivity contribution in [3.63, 3.8) is 0 Å². The minimum atomic E-state index is -0.0752. The quantitative estimate of drug-likeness (QED) is 0.806. The van der Waals surface area contributed by atoms with Crippen LogP contribution in [-0.4, -0.2) is 42.4 Å². The first-order chi connectivity index (χ1) is 11.3. The van der Waals surface area contributed by atoms with E-state index in [1.54, 1.807) is 0 Å². The number of benzene rings is 1. The summed E-state index contributed by atoms with van der Waals surface area (Å²) in [4.78, 5) is 2.56. The van der Waals surface area contributed by atoms with Gasteiger partial charge in [-0.3, -0.25) is 0 Å². The molecule has 0 bridgehead atoms. The van der Waals surface area contributed by atoms with Crippen LogP contribution in [0.2, 0.25) is 0 Å². The SMILES string of the molecule is OC1CCC(c2ccc(OCCCN3CCCCC3)cc2)CC1. The predicted octanol–water partition coefficient (Wildman–Crippen LogP) is 3.96. The molecule has 0 amide bonds. The van der Waals surface area contributed by atoms with Gasteiger partial charge in [-0.2, -0.15) is 0 Å². The molecule has 1 aromatic carbocycles. The zero-order valence-electron chi connectivity index (χ0n) is 14.3. The number of piperidine rings is 1. The Morgan fingerprint density at radius 1 is 0.957 bits per heavy atom. The number of aliphatic hydroxyl groups excluding tert-OH is 1. The summed E-state index contributed by atoms with van der Waals surface area (Å²) in [6.45, 7) is 4.52. The van der Waals surface area contributed by atoms with Crippen molar-refractivity contribution in [2.24, 2.45) is 0 Å². The molecule has 23 heavy (non-hydrogen) atoms. The van der Waals surface area contributed by atoms with Crippen molar-refractivity contribution in [2.45, 2.75) is 63.4 Å². The van der Waals surface area contributed by atoms with Crippen LogP contribution in [0.4, 0.5) is 0 Å². The van der Waals surface area contributed by atoms with Gasteiger partial charge in [0.25, 0.3) is 0 Å². The Morgan fingerprint density at radius 2 is 1.65 bits per heavy atom. The van der Waals surface area contributed by atoms with E-state index in [9.17, 15) is 5.11 Å². The summed E-state index contributed by atoms with van der Waals surface area (Å²) in [6, 6.07) is 8.65. The minimum Gasteiger partial charge on any atom is -0.494 e. The van der Waals surface area contributed by atoms with Crippen molar-refractivity contribution in [3.05, 3.63) is 29.8 Å². The van der Waals surface area contributed by atoms with Gasteiger partial charge in [-0.1, -0.05) is 18.6 Å². The first kappa shape index (κ1) is 16.8. The van der Waals surface area contributed by atoms with Crippen LogP contribution in [0, 0.1) is 0 Å². The Morgan fingerprint density at radius 3 is 2.35 bits per heavy atom. The lowest BCUT2D eigenvalue weighted by atomic mass is 9.83. The van der Waals surface area contributed by atoms with Crippen LogP contribution in [0.15, 0.2) is 24.3 Å². The summed E-state index contributed by atoms with van der Waals surface area (Å²) < 4.78 is 5.89. The van der Waals surface area contributed by atoms with E-state index < -0.39 is 0 Å². The summed E-state index contributed by atoms with van der Waals surface area (Å²) in [5, 5.41) is 9.61. The molecule has 3 nitrogen and oxygen atoms in total. The maximum absolute atomic E-state index is 9.61. The van der Waals surface area contributed by atoms with E-state index in [1.165, 1.54) is 44.5 Å². The molecule has 1 saturated heterocycles. The second-order valence-corrected chi connectivity index (χ2v) is 7.18. The number of hydrogen-bond donors (Lipinski definition) is 1. The maximum atomic E-state index is 9.61. The van der Waals surface area contributed by atoms with Crippen LogP contribution in [0.5, 0.6) is 5.75 Å². The molecule has 2 aliphatic rings. The van der Waals surface area contributed by atoms with Gasteiger partial charge in [0, 0.05) is 6.54 Å². The molecule has 3 rings (SSSR count). The number of likely N-dealkylation sites (tertiary alicyclic amines) is 1. The molecule has 1 saturated carbocycles. The van der Waals surface area contributed by atoms with Crippen LogP contribution >= 0.6 is 0 Å². The van der Waals surface area contributed by atoms with Gasteiger partial charge in [-0.05, 0) is 81.6 Å². The maximum Gasteiger partial charge on any atom is 0.119 e. The third kappa shape index (κ3) is 5.22. The van der Waals surface area contributed by atoms with Crippen molar-refractivity contribution in [2.75, 3.05) is 26.2 Å². The molecule has 2 fully saturated rings. The van der Waals surface area contributed by atoms with E-state index in [1.807, 2.05) is 0 Å². The molecular formula is C20H31NO2. The zero-order valence-corrected chi connectivity index (χ0v) is 14.3. The molecule has 0 aromatic heterocycles. The highest BCUT2D eigenvalue weighted by atomic mass is 16.5. The summed E-state index contributed by atoms with van der Waals surface area (Å²) in [5.41, 5.74) is 1.40. The van der Waals surface area contributed by atoms with E-state index in [-0.39, 0.29) is 6.10 Å². The Kier molecular flexibility index (Phi) is 6.35. The second kappa shape index (κ2) is 8.70. The zero-order chi connectivity index (χ0) is 15.9. The van der Waals surface area contributed by atoms with E-state index in [2.05, 4.69) is 29.2 Å². The molecule has 1 aliphatic heterocycles. The number of ether oxygens (including phenoxy) is 1. The predicted molar refractivity (Wildman–Crippen MR) is 94.1 cm³/mol. The summed E-state index contributed by atoms with van der Waals surface area (Å²) in [6.07, 6.45) is 9.27. The number of aliphatic hydroxyl groups is 1. The largest absolute Gasteiger partial charge is 0.494 e. The molecule has 128 valence electrons. The van der Waals surface area contributed by atoms with Crippen LogP contribution < -0.4 is 4.74 Å². The summed E-state index contributed by atoms with van der Waals surface area (Å²) >= 11 is 0. The average molecular weight is 317 g/mol. The van der Waals surface area contributed by atoms with Crippen LogP contribution in [0.1, 0.15) is 62.8 Å². The molecular weight excluding hydrogens is 286 g/mol. The van der Waals surface area contributed by atoms with E-state index >= 15 is 0 Å². The van der Waals surface area contributed by atoms with Crippen molar-refractivity contribution in [3.8, 4) is 5.75 Å². The molecule has 1 heterocycles. The fourth-order valence-corrected chi connectivity index (χ4v) is 3.91. The van der Waals surface area contributed by atoms with Gasteiger partial charge < -0.3 is 14.7 Å². The smallest absolute Gasteiger partial charge is 0.119 e. The second-order valence-electron chi connectivity index (χ2n) is 7.18. The molecule has 1 N–H and O–H groups in total. The summed E-state index contributed by atoms with van der Waals surface area (Å²) in [5.74, 6) is 1.61. The van der Waals surface area contributed by atoms with Gasteiger partial charge in [0.2, 0.25) is 0 Å². The standard InChI is InChI=1S/C20H31NO2/c22-19-9-5-17(6-10-19)18-7-11-20(12-8-18)23-16-4-15-21-13-2-1-3-14-21/h7-8,11-12,17,19,22H,1-6,9-10,13-16H2. The molecule has 0 atom stereocenters. The molecule has 1 aliphatic carbocycles. The van der Waals surface area contributed by atoms with Crippen molar-refractivity contribution in [1.82, 2.24) is 4.90 Å². The molecule has 0 radical (unpaired) electrons. The fraction of sp³-hybridized carbons (Fsp3) is 0.700. The fourth-order valence-electron chi connectivity index (χ4n) is 3.91. The van der Waals surface area contributed by atoms with Gasteiger partial charge in [0.15, 0.2) is 0 Å². The Hall–Kier alpha value is -1.06. The topological polar surface area (TPSA) is 32.7 Å². The van der Waals surface area contributed by atoms with Gasteiger partial charge in [-0.15, -0.1) is 0 Å². The molecule has 3 heteroatoms. The number of rotatable bonds is 6. The van der Waals surface area contributed by atoms with Crippen molar-refractivity contribution in [1.29, 1.82) is 0 Å². The van der Waals surface area contributed by atoms with Crippen LogP contribution in [0.3, 0.4) is 0 Å². The van der Waals surface area contributed by atoms with E-state index in [0.717, 1.165) is 44.5 Å². The highest BCUT2D eigenvalue weighted by molar-refractivity contribution is 5.29. The number of hydrogen-bond acceptors (Lipinski definition) is 3. The van der Waals surface area contributed by atoms with Gasteiger partial charge in [-0.25, -0.2) is 0 Å². The highest BCUT2D eigenvalue weighted by Gasteiger charge is 2.20. The average Bonchev–Trinajstić information content (AvgIpc) is 2.61. The molecule has 0 spiro atoms. The first-order valence-electron chi connectivity index (χ1n) is 9.44. The molecule has 1 aromatic rings. The van der Waals surface area contributed by atoms with Gasteiger partial charge in [0.05, 0.1) is 12.7 Å². The Balaban J connectivity index is 1.37. The third-order valence-corrected chi connectivity index (χ3v) is 5.38. The van der Waals surface area contributed by atoms with E-state index in [4.69, 9.17) is 4.74 Å². The van der Waals surface area contributed by atoms with Crippen LogP contribution in [0.25, 0.3) is 0 Å². The van der Waals surface area contributed by atoms with Crippen molar-refractivity contribution >= 4 is 0 Å². The number of nitrogens with zero attached hydrogens (tertiary/aromatic N) is 1. The van der Waals surface area contributed by atoms with E-state index in [0.29, 0.717) is 5.92 Å². The Bertz CT molecular complexity index is 445. The van der Waals surface area contributed by atoms with Gasteiger partial charge >= 0.3 is 0 Å². The monoisotopic (exact) mass is 317 g/mol. The normalized spacial score (nSPS) is 26.1. The third-order valence-electron chi connectivity index (χ3n) is 5.38. The van der Waals surface area contributed by atoms with Gasteiger partial charge in [0.1, 0.15) is 5.75 Å². The van der Waals surface area contributed by atoms with Crippen molar-refractivity contribution < 1.29 is 9.84 Å². The highest BCUT2D eigenvalue weighted by Crippen LogP contribution is 2.33. The first-order valence-corrected chi connectivity index (χ1v) is 9.44. The lowest BCUT2D eigenvalue weighted by Gasteiger charge is -2.26. The van der Waals surface area contributed by atoms with Crippen LogP contribution in [-0.2, 0) is 0 Å². The lowest BCUT2D eigenvalue weighted by Crippen LogP contribution is -2.31. The lowest BCUT2D eigenvalue weighted by molar-refractivity contribution is 0.122. The summed E-state index contributed by atoms with van der Waals surface area (Å²) in [7, 11) is 0. The molecule has 0 unspecified atom stereocenters.